The van der Waals surface area contributed by atoms with Crippen LogP contribution in [0.1, 0.15) is 18.4 Å². The highest BCUT2D eigenvalue weighted by atomic mass is 19.1. The monoisotopic (exact) mass is 398 g/mol. The smallest absolute Gasteiger partial charge is 0.220 e. The number of H-pyrrole nitrogens is 1. The number of piperidine rings is 1. The summed E-state index contributed by atoms with van der Waals surface area (Å²) < 4.78 is 28.7. The van der Waals surface area contributed by atoms with Crippen molar-refractivity contribution in [2.24, 2.45) is 16.6 Å². The maximum absolute atomic E-state index is 14.6. The predicted molar refractivity (Wildman–Crippen MR) is 108 cm³/mol. The van der Waals surface area contributed by atoms with E-state index in [-0.39, 0.29) is 28.7 Å². The topological polar surface area (TPSA) is 94.7 Å². The van der Waals surface area contributed by atoms with E-state index in [0.29, 0.717) is 42.8 Å². The molecule has 8 heteroatoms. The Hall–Kier alpha value is -3.42. The number of halogens is 2. The molecule has 0 aliphatic carbocycles. The summed E-state index contributed by atoms with van der Waals surface area (Å²) in [6.07, 6.45) is 2.50. The summed E-state index contributed by atoms with van der Waals surface area (Å²) in [6, 6.07) is 9.04. The predicted octanol–water partition coefficient (Wildman–Crippen LogP) is 3.60. The molecule has 1 aliphatic rings. The van der Waals surface area contributed by atoms with Crippen molar-refractivity contribution in [1.29, 1.82) is 0 Å². The lowest BCUT2D eigenvalue weighted by atomic mass is 9.96. The molecule has 1 aromatic heterocycles. The van der Waals surface area contributed by atoms with E-state index in [0.717, 1.165) is 0 Å². The number of nitrogens with zero attached hydrogens (tertiary/aromatic N) is 2. The van der Waals surface area contributed by atoms with Crippen molar-refractivity contribution in [1.82, 2.24) is 4.98 Å². The number of carbonyl (C=O) groups is 1. The van der Waals surface area contributed by atoms with Gasteiger partial charge in [0.25, 0.3) is 0 Å². The Morgan fingerprint density at radius 3 is 2.66 bits per heavy atom. The second-order valence-electron chi connectivity index (χ2n) is 7.11. The Bertz CT molecular complexity index is 1100. The average Bonchev–Trinajstić information content (AvgIpc) is 3.03. The largest absolute Gasteiger partial charge is 0.494 e. The number of carbonyl (C=O) groups excluding carboxylic acids is 1. The molecule has 0 saturated carbocycles. The van der Waals surface area contributed by atoms with E-state index in [1.165, 1.54) is 24.4 Å². The van der Waals surface area contributed by atoms with Crippen LogP contribution in [0, 0.1) is 17.6 Å². The molecule has 1 aliphatic heterocycles. The maximum Gasteiger partial charge on any atom is 0.220 e. The lowest BCUT2D eigenvalue weighted by Gasteiger charge is -2.32. The van der Waals surface area contributed by atoms with Gasteiger partial charge in [-0.15, -0.1) is 0 Å². The highest BCUT2D eigenvalue weighted by Gasteiger charge is 2.24. The van der Waals surface area contributed by atoms with Crippen LogP contribution < -0.4 is 10.6 Å². The third-order valence-electron chi connectivity index (χ3n) is 5.30. The van der Waals surface area contributed by atoms with Crippen molar-refractivity contribution >= 4 is 34.4 Å². The van der Waals surface area contributed by atoms with Crippen LogP contribution in [0.3, 0.4) is 0 Å². The minimum absolute atomic E-state index is 0.164. The number of hydrogen-bond acceptors (Lipinski definition) is 4. The van der Waals surface area contributed by atoms with Gasteiger partial charge in [-0.05, 0) is 37.1 Å². The van der Waals surface area contributed by atoms with E-state index < -0.39 is 11.6 Å². The summed E-state index contributed by atoms with van der Waals surface area (Å²) in [5, 5.41) is 10.3. The quantitative estimate of drug-likeness (QED) is 0.586. The van der Waals surface area contributed by atoms with Gasteiger partial charge in [0.15, 0.2) is 5.88 Å². The van der Waals surface area contributed by atoms with Crippen molar-refractivity contribution in [3.05, 3.63) is 53.6 Å². The minimum atomic E-state index is -0.485. The standard InChI is InChI=1S/C21H20F2N4O2/c22-15-2-1-3-17-19(15)14(21(29)26-17)11-25-13-4-5-18(16(23)10-13)27-8-6-12(7-9-27)20(24)28/h1-5,10-12,26,29H,6-9H2,(H2,24,28). The molecule has 1 fully saturated rings. The molecule has 3 aromatic rings. The Morgan fingerprint density at radius 2 is 1.97 bits per heavy atom. The van der Waals surface area contributed by atoms with Crippen LogP contribution in [0.4, 0.5) is 20.2 Å². The molecular formula is C21H20F2N4O2. The molecule has 0 radical (unpaired) electrons. The first-order valence-electron chi connectivity index (χ1n) is 9.31. The first-order chi connectivity index (χ1) is 13.9. The van der Waals surface area contributed by atoms with Gasteiger partial charge in [-0.3, -0.25) is 9.79 Å². The van der Waals surface area contributed by atoms with Crippen LogP contribution in [0.25, 0.3) is 10.9 Å². The summed E-state index contributed by atoms with van der Waals surface area (Å²) in [7, 11) is 0. The number of benzene rings is 2. The summed E-state index contributed by atoms with van der Waals surface area (Å²) in [5.74, 6) is -1.61. The minimum Gasteiger partial charge on any atom is -0.494 e. The average molecular weight is 398 g/mol. The van der Waals surface area contributed by atoms with Gasteiger partial charge in [-0.2, -0.15) is 0 Å². The first-order valence-corrected chi connectivity index (χ1v) is 9.31. The zero-order chi connectivity index (χ0) is 20.5. The van der Waals surface area contributed by atoms with E-state index in [4.69, 9.17) is 5.73 Å². The lowest BCUT2D eigenvalue weighted by Crippen LogP contribution is -2.38. The molecule has 1 amide bonds. The first kappa shape index (κ1) is 18.9. The maximum atomic E-state index is 14.6. The molecule has 0 spiro atoms. The number of primary amides is 1. The van der Waals surface area contributed by atoms with Crippen LogP contribution in [0.15, 0.2) is 41.4 Å². The Balaban J connectivity index is 1.55. The highest BCUT2D eigenvalue weighted by Crippen LogP contribution is 2.30. The molecule has 4 rings (SSSR count). The number of amides is 1. The number of aliphatic imine (C=N–C) groups is 1. The van der Waals surface area contributed by atoms with Gasteiger partial charge in [0, 0.05) is 36.7 Å². The summed E-state index contributed by atoms with van der Waals surface area (Å²) in [5.41, 5.74) is 6.77. The fourth-order valence-electron chi connectivity index (χ4n) is 3.72. The third-order valence-corrected chi connectivity index (χ3v) is 5.30. The molecule has 4 N–H and O–H groups in total. The second-order valence-corrected chi connectivity index (χ2v) is 7.11. The van der Waals surface area contributed by atoms with Gasteiger partial charge in [0.2, 0.25) is 5.91 Å². The van der Waals surface area contributed by atoms with Crippen LogP contribution in [0.2, 0.25) is 0 Å². The molecule has 150 valence electrons. The van der Waals surface area contributed by atoms with Gasteiger partial charge >= 0.3 is 0 Å². The van der Waals surface area contributed by atoms with E-state index in [1.54, 1.807) is 18.2 Å². The number of rotatable bonds is 4. The molecule has 29 heavy (non-hydrogen) atoms. The van der Waals surface area contributed by atoms with Gasteiger partial charge in [0.05, 0.1) is 22.5 Å². The van der Waals surface area contributed by atoms with Crippen molar-refractivity contribution in [2.75, 3.05) is 18.0 Å². The van der Waals surface area contributed by atoms with Crippen LogP contribution in [-0.2, 0) is 4.79 Å². The molecule has 6 nitrogen and oxygen atoms in total. The number of hydrogen-bond donors (Lipinski definition) is 3. The molecule has 0 bridgehead atoms. The van der Waals surface area contributed by atoms with E-state index in [2.05, 4.69) is 9.98 Å². The molecule has 0 atom stereocenters. The van der Waals surface area contributed by atoms with Gasteiger partial charge in [-0.25, -0.2) is 8.78 Å². The summed E-state index contributed by atoms with van der Waals surface area (Å²) in [6.45, 7) is 1.10. The fourth-order valence-corrected chi connectivity index (χ4v) is 3.72. The third kappa shape index (κ3) is 3.65. The van der Waals surface area contributed by atoms with E-state index in [1.807, 2.05) is 4.90 Å². The number of anilines is 1. The van der Waals surface area contributed by atoms with Gasteiger partial charge < -0.3 is 20.7 Å². The zero-order valence-electron chi connectivity index (χ0n) is 15.5. The molecule has 1 saturated heterocycles. The van der Waals surface area contributed by atoms with Gasteiger partial charge in [0.1, 0.15) is 11.6 Å². The SMILES string of the molecule is NC(=O)C1CCN(c2ccc(N=Cc3c(O)[nH]c4cccc(F)c34)cc2F)CC1. The lowest BCUT2D eigenvalue weighted by molar-refractivity contribution is -0.122. The second kappa shape index (κ2) is 7.54. The molecule has 2 heterocycles. The van der Waals surface area contributed by atoms with E-state index in [9.17, 15) is 18.7 Å². The van der Waals surface area contributed by atoms with Crippen molar-refractivity contribution < 1.29 is 18.7 Å². The number of aromatic amines is 1. The van der Waals surface area contributed by atoms with Crippen LogP contribution in [0.5, 0.6) is 5.88 Å². The number of nitrogens with one attached hydrogen (secondary N) is 1. The Morgan fingerprint density at radius 1 is 1.21 bits per heavy atom. The Kier molecular flexibility index (Phi) is 4.92. The molecule has 2 aromatic carbocycles. The molecule has 0 unspecified atom stereocenters. The normalized spacial score (nSPS) is 15.4. The number of aromatic nitrogens is 1. The zero-order valence-corrected chi connectivity index (χ0v) is 15.5. The highest BCUT2D eigenvalue weighted by molar-refractivity contribution is 6.02. The van der Waals surface area contributed by atoms with E-state index >= 15 is 0 Å². The van der Waals surface area contributed by atoms with Crippen molar-refractivity contribution in [2.45, 2.75) is 12.8 Å². The summed E-state index contributed by atoms with van der Waals surface area (Å²) >= 11 is 0. The molecular weight excluding hydrogens is 378 g/mol. The van der Waals surface area contributed by atoms with Crippen LogP contribution in [-0.4, -0.2) is 35.3 Å². The fraction of sp³-hybridized carbons (Fsp3) is 0.238. The number of fused-ring (bicyclic) bond motifs is 1. The van der Waals surface area contributed by atoms with Crippen LogP contribution >= 0.6 is 0 Å². The van der Waals surface area contributed by atoms with Crippen molar-refractivity contribution in [3.8, 4) is 5.88 Å². The summed E-state index contributed by atoms with van der Waals surface area (Å²) in [4.78, 5) is 20.0. The Labute approximate surface area is 165 Å². The number of nitrogens with two attached hydrogens (primary N) is 1. The van der Waals surface area contributed by atoms with Gasteiger partial charge in [-0.1, -0.05) is 6.07 Å². The van der Waals surface area contributed by atoms with Crippen molar-refractivity contribution in [3.63, 3.8) is 0 Å². The number of aromatic hydroxyl groups is 1.